The van der Waals surface area contributed by atoms with Crippen molar-refractivity contribution in [1.29, 1.82) is 0 Å². The molecule has 9 heteroatoms. The van der Waals surface area contributed by atoms with Gasteiger partial charge in [-0.2, -0.15) is 0 Å². The Balaban J connectivity index is 1.75. The summed E-state index contributed by atoms with van der Waals surface area (Å²) in [6.07, 6.45) is 2.20. The molecule has 0 aliphatic carbocycles. The van der Waals surface area contributed by atoms with E-state index in [1.807, 2.05) is 0 Å². The maximum atomic E-state index is 13.0. The van der Waals surface area contributed by atoms with E-state index in [2.05, 4.69) is 15.6 Å². The first-order valence-electron chi connectivity index (χ1n) is 7.93. The minimum absolute atomic E-state index is 0.155. The van der Waals surface area contributed by atoms with Crippen molar-refractivity contribution in [3.8, 4) is 0 Å². The van der Waals surface area contributed by atoms with Crippen LogP contribution in [0, 0.1) is 15.9 Å². The fourth-order valence-electron chi connectivity index (χ4n) is 2.47. The number of hydrogen-bond acceptors (Lipinski definition) is 6. The molecule has 0 saturated carbocycles. The average molecular weight is 386 g/mol. The van der Waals surface area contributed by atoms with Crippen LogP contribution in [0.5, 0.6) is 0 Å². The van der Waals surface area contributed by atoms with Gasteiger partial charge in [-0.15, -0.1) is 11.3 Å². The van der Waals surface area contributed by atoms with Crippen molar-refractivity contribution in [3.63, 3.8) is 0 Å². The van der Waals surface area contributed by atoms with Crippen molar-refractivity contribution in [2.75, 3.05) is 17.7 Å². The van der Waals surface area contributed by atoms with Crippen molar-refractivity contribution < 1.29 is 14.1 Å². The summed E-state index contributed by atoms with van der Waals surface area (Å²) in [5, 5.41) is 16.8. The number of carbonyl (C=O) groups is 1. The number of benzene rings is 2. The molecule has 0 bridgehead atoms. The number of nitro benzene ring substituents is 1. The summed E-state index contributed by atoms with van der Waals surface area (Å²) in [7, 11) is 1.63. The van der Waals surface area contributed by atoms with Gasteiger partial charge in [0.05, 0.1) is 10.5 Å². The third-order valence-corrected chi connectivity index (χ3v) is 4.71. The molecule has 0 saturated heterocycles. The van der Waals surface area contributed by atoms with E-state index in [1.54, 1.807) is 25.4 Å². The predicted octanol–water partition coefficient (Wildman–Crippen LogP) is 4.08. The number of carbonyl (C=O) groups excluding carboxylic acids is 1. The molecule has 0 fully saturated rings. The van der Waals surface area contributed by atoms with Crippen LogP contribution in [0.25, 0.3) is 0 Å². The summed E-state index contributed by atoms with van der Waals surface area (Å²) in [6.45, 7) is 0. The fraction of sp³-hybridized carbons (Fsp3) is 0.111. The van der Waals surface area contributed by atoms with Crippen molar-refractivity contribution in [1.82, 2.24) is 4.98 Å². The lowest BCUT2D eigenvalue weighted by atomic mass is 10.1. The van der Waals surface area contributed by atoms with E-state index in [9.17, 15) is 19.3 Å². The summed E-state index contributed by atoms with van der Waals surface area (Å²) >= 11 is 1.29. The number of nitro groups is 1. The van der Waals surface area contributed by atoms with Crippen molar-refractivity contribution in [2.45, 2.75) is 6.42 Å². The van der Waals surface area contributed by atoms with Crippen LogP contribution in [0.15, 0.2) is 48.7 Å². The van der Waals surface area contributed by atoms with Crippen LogP contribution in [0.2, 0.25) is 0 Å². The number of non-ortho nitro benzene ring substituents is 1. The van der Waals surface area contributed by atoms with Crippen LogP contribution in [-0.2, 0) is 6.42 Å². The van der Waals surface area contributed by atoms with Crippen LogP contribution in [0.4, 0.5) is 20.9 Å². The van der Waals surface area contributed by atoms with E-state index in [-0.39, 0.29) is 17.1 Å². The quantitative estimate of drug-likeness (QED) is 0.492. The lowest BCUT2D eigenvalue weighted by Crippen LogP contribution is -2.14. The van der Waals surface area contributed by atoms with Gasteiger partial charge < -0.3 is 5.32 Å². The lowest BCUT2D eigenvalue weighted by molar-refractivity contribution is -0.384. The molecule has 0 atom stereocenters. The molecule has 2 N–H and O–H groups in total. The van der Waals surface area contributed by atoms with Gasteiger partial charge in [-0.3, -0.25) is 20.2 Å². The van der Waals surface area contributed by atoms with Crippen LogP contribution in [0.1, 0.15) is 20.8 Å². The van der Waals surface area contributed by atoms with Gasteiger partial charge in [0.25, 0.3) is 11.6 Å². The highest BCUT2D eigenvalue weighted by molar-refractivity contribution is 7.15. The minimum atomic E-state index is -0.555. The van der Waals surface area contributed by atoms with Crippen LogP contribution >= 0.6 is 11.3 Å². The topological polar surface area (TPSA) is 97.2 Å². The Labute approximate surface area is 158 Å². The summed E-state index contributed by atoms with van der Waals surface area (Å²) in [5.41, 5.74) is 1.38. The second-order valence-corrected chi connectivity index (χ2v) is 6.74. The first kappa shape index (κ1) is 18.5. The normalized spacial score (nSPS) is 10.4. The van der Waals surface area contributed by atoms with Crippen molar-refractivity contribution >= 4 is 33.8 Å². The molecule has 1 aromatic heterocycles. The number of anilines is 2. The summed E-state index contributed by atoms with van der Waals surface area (Å²) in [5.74, 6) is -0.793. The Morgan fingerprint density at radius 3 is 2.67 bits per heavy atom. The van der Waals surface area contributed by atoms with E-state index >= 15 is 0 Å². The molecule has 0 spiro atoms. The Morgan fingerprint density at radius 2 is 2.00 bits per heavy atom. The van der Waals surface area contributed by atoms with Gasteiger partial charge in [0.2, 0.25) is 0 Å². The van der Waals surface area contributed by atoms with Gasteiger partial charge >= 0.3 is 0 Å². The molecule has 7 nitrogen and oxygen atoms in total. The minimum Gasteiger partial charge on any atom is -0.387 e. The molecular formula is C18H15FN4O3S. The number of thiazole rings is 1. The van der Waals surface area contributed by atoms with E-state index < -0.39 is 10.8 Å². The van der Waals surface area contributed by atoms with Crippen molar-refractivity contribution in [3.05, 3.63) is 80.6 Å². The number of rotatable bonds is 6. The monoisotopic (exact) mass is 386 g/mol. The molecule has 0 aliphatic rings. The van der Waals surface area contributed by atoms with E-state index in [4.69, 9.17) is 0 Å². The van der Waals surface area contributed by atoms with Gasteiger partial charge in [0.1, 0.15) is 5.82 Å². The number of nitrogens with zero attached hydrogens (tertiary/aromatic N) is 2. The Kier molecular flexibility index (Phi) is 5.41. The standard InChI is InChI=1S/C18H15FN4O3S/c1-20-16-7-6-13(23(25)26)9-15(16)17(24)22-18-21-10-14(27-18)8-11-2-4-12(19)5-3-11/h2-7,9-10,20H,8H2,1H3,(H,21,22,24). The first-order valence-corrected chi connectivity index (χ1v) is 8.74. The highest BCUT2D eigenvalue weighted by Gasteiger charge is 2.17. The van der Waals surface area contributed by atoms with Gasteiger partial charge in [-0.25, -0.2) is 9.37 Å². The van der Waals surface area contributed by atoms with E-state index in [0.717, 1.165) is 10.4 Å². The summed E-state index contributed by atoms with van der Waals surface area (Å²) in [6, 6.07) is 10.2. The molecule has 0 aliphatic heterocycles. The van der Waals surface area contributed by atoms with E-state index in [1.165, 1.54) is 41.7 Å². The molecule has 138 valence electrons. The molecule has 0 radical (unpaired) electrons. The smallest absolute Gasteiger partial charge is 0.270 e. The molecular weight excluding hydrogens is 371 g/mol. The fourth-order valence-corrected chi connectivity index (χ4v) is 3.31. The van der Waals surface area contributed by atoms with Gasteiger partial charge in [0.15, 0.2) is 5.13 Å². The molecule has 3 rings (SSSR count). The third-order valence-electron chi connectivity index (χ3n) is 3.79. The summed E-state index contributed by atoms with van der Waals surface area (Å²) in [4.78, 5) is 28.0. The van der Waals surface area contributed by atoms with Crippen LogP contribution in [-0.4, -0.2) is 22.9 Å². The van der Waals surface area contributed by atoms with Crippen LogP contribution in [0.3, 0.4) is 0 Å². The highest BCUT2D eigenvalue weighted by Crippen LogP contribution is 2.25. The number of amides is 1. The number of hydrogen-bond donors (Lipinski definition) is 2. The molecule has 1 amide bonds. The molecule has 0 unspecified atom stereocenters. The molecule has 2 aromatic carbocycles. The lowest BCUT2D eigenvalue weighted by Gasteiger charge is -2.08. The second-order valence-electron chi connectivity index (χ2n) is 5.63. The second kappa shape index (κ2) is 7.92. The molecule has 3 aromatic rings. The number of halogens is 1. The number of nitrogens with one attached hydrogen (secondary N) is 2. The Hall–Kier alpha value is -3.33. The maximum Gasteiger partial charge on any atom is 0.270 e. The zero-order valence-electron chi connectivity index (χ0n) is 14.2. The molecule has 27 heavy (non-hydrogen) atoms. The summed E-state index contributed by atoms with van der Waals surface area (Å²) < 4.78 is 13.0. The average Bonchev–Trinajstić information content (AvgIpc) is 3.09. The first-order chi connectivity index (χ1) is 13.0. The van der Waals surface area contributed by atoms with Gasteiger partial charge in [-0.1, -0.05) is 12.1 Å². The SMILES string of the molecule is CNc1ccc([N+](=O)[O-])cc1C(=O)Nc1ncc(Cc2ccc(F)cc2)s1. The predicted molar refractivity (Wildman–Crippen MR) is 102 cm³/mol. The number of aromatic nitrogens is 1. The zero-order valence-corrected chi connectivity index (χ0v) is 15.0. The van der Waals surface area contributed by atoms with Gasteiger partial charge in [-0.05, 0) is 23.8 Å². The Bertz CT molecular complexity index is 989. The van der Waals surface area contributed by atoms with E-state index in [0.29, 0.717) is 17.2 Å². The van der Waals surface area contributed by atoms with Crippen LogP contribution < -0.4 is 10.6 Å². The highest BCUT2D eigenvalue weighted by atomic mass is 32.1. The largest absolute Gasteiger partial charge is 0.387 e. The Morgan fingerprint density at radius 1 is 1.26 bits per heavy atom. The third kappa shape index (κ3) is 4.45. The van der Waals surface area contributed by atoms with Gasteiger partial charge in [0, 0.05) is 42.4 Å². The zero-order chi connectivity index (χ0) is 19.4. The molecule has 1 heterocycles. The van der Waals surface area contributed by atoms with Crippen molar-refractivity contribution in [2.24, 2.45) is 0 Å². The maximum absolute atomic E-state index is 13.0.